The van der Waals surface area contributed by atoms with Gasteiger partial charge in [-0.1, -0.05) is 12.1 Å². The number of rotatable bonds is 4. The van der Waals surface area contributed by atoms with Gasteiger partial charge < -0.3 is 0 Å². The zero-order chi connectivity index (χ0) is 12.2. The van der Waals surface area contributed by atoms with Crippen LogP contribution in [0.4, 0.5) is 13.2 Å². The summed E-state index contributed by atoms with van der Waals surface area (Å²) in [5.74, 6) is 4.83. The van der Waals surface area contributed by atoms with Crippen LogP contribution in [0.25, 0.3) is 0 Å². The lowest BCUT2D eigenvalue weighted by Gasteiger charge is -2.14. The molecule has 16 heavy (non-hydrogen) atoms. The fourth-order valence-electron chi connectivity index (χ4n) is 1.05. The number of halogens is 3. The van der Waals surface area contributed by atoms with Gasteiger partial charge in [-0.25, -0.2) is 5.43 Å². The third kappa shape index (κ3) is 3.78. The van der Waals surface area contributed by atoms with Crippen LogP contribution in [0.2, 0.25) is 0 Å². The monoisotopic (exact) mass is 235 g/mol. The van der Waals surface area contributed by atoms with Crippen LogP contribution >= 0.6 is 0 Å². The average molecular weight is 235 g/mol. The first-order chi connectivity index (χ1) is 7.43. The van der Waals surface area contributed by atoms with Crippen LogP contribution in [0, 0.1) is 0 Å². The van der Waals surface area contributed by atoms with E-state index in [1.807, 2.05) is 0 Å². The lowest BCUT2D eigenvalue weighted by atomic mass is 10.1. The first-order valence-electron chi connectivity index (χ1n) is 4.43. The van der Waals surface area contributed by atoms with Gasteiger partial charge in [0.2, 0.25) is 0 Å². The molecule has 0 atom stereocenters. The highest BCUT2D eigenvalue weighted by atomic mass is 19.4. The number of hydroxylamine groups is 1. The van der Waals surface area contributed by atoms with E-state index in [1.165, 1.54) is 19.2 Å². The zero-order valence-electron chi connectivity index (χ0n) is 8.58. The minimum atomic E-state index is -4.30. The Morgan fingerprint density at radius 1 is 1.31 bits per heavy atom. The molecule has 0 heterocycles. The first-order valence-corrected chi connectivity index (χ1v) is 4.43. The largest absolute Gasteiger partial charge is 0.416 e. The lowest BCUT2D eigenvalue weighted by molar-refractivity contribution is -0.182. The van der Waals surface area contributed by atoms with Crippen LogP contribution < -0.4 is 11.3 Å². The van der Waals surface area contributed by atoms with Crippen molar-refractivity contribution in [1.29, 1.82) is 0 Å². The molecule has 1 aromatic carbocycles. The Morgan fingerprint density at radius 3 is 2.31 bits per heavy atom. The Hall–Kier alpha value is -1.15. The molecule has 0 aliphatic carbocycles. The van der Waals surface area contributed by atoms with E-state index in [2.05, 4.69) is 10.4 Å². The predicted octanol–water partition coefficient (Wildman–Crippen LogP) is 1.45. The Morgan fingerprint density at radius 2 is 1.88 bits per heavy atom. The van der Waals surface area contributed by atoms with Gasteiger partial charge in [-0.05, 0) is 17.7 Å². The number of nitrogens with two attached hydrogens (primary N) is 1. The second kappa shape index (κ2) is 5.26. The summed E-state index contributed by atoms with van der Waals surface area (Å²) in [5.41, 5.74) is 2.74. The van der Waals surface area contributed by atoms with Crippen molar-refractivity contribution in [2.45, 2.75) is 12.7 Å². The Kier molecular flexibility index (Phi) is 4.25. The molecular formula is C9H12F3N3O. The molecule has 0 amide bonds. The van der Waals surface area contributed by atoms with E-state index in [1.54, 1.807) is 0 Å². The molecule has 1 aromatic rings. The van der Waals surface area contributed by atoms with Crippen molar-refractivity contribution >= 4 is 0 Å². The summed E-state index contributed by atoms with van der Waals surface area (Å²) in [6.07, 6.45) is -4.30. The van der Waals surface area contributed by atoms with Gasteiger partial charge in [-0.15, -0.1) is 5.17 Å². The van der Waals surface area contributed by atoms with E-state index in [0.717, 1.165) is 17.3 Å². The van der Waals surface area contributed by atoms with Crippen LogP contribution in [0.5, 0.6) is 0 Å². The van der Waals surface area contributed by atoms with Crippen molar-refractivity contribution in [1.82, 2.24) is 10.6 Å². The van der Waals surface area contributed by atoms with E-state index in [0.29, 0.717) is 12.1 Å². The van der Waals surface area contributed by atoms with Crippen LogP contribution in [-0.4, -0.2) is 12.2 Å². The maximum absolute atomic E-state index is 12.2. The smallest absolute Gasteiger partial charge is 0.226 e. The van der Waals surface area contributed by atoms with E-state index in [4.69, 9.17) is 5.90 Å². The van der Waals surface area contributed by atoms with Crippen LogP contribution in [-0.2, 0) is 17.7 Å². The molecule has 1 rings (SSSR count). The quantitative estimate of drug-likeness (QED) is 0.775. The maximum Gasteiger partial charge on any atom is 0.416 e. The minimum Gasteiger partial charge on any atom is -0.226 e. The van der Waals surface area contributed by atoms with Gasteiger partial charge >= 0.3 is 6.18 Å². The molecule has 0 aromatic heterocycles. The molecule has 3 N–H and O–H groups in total. The third-order valence-electron chi connectivity index (χ3n) is 1.95. The summed E-state index contributed by atoms with van der Waals surface area (Å²) in [6, 6.07) is 4.83. The van der Waals surface area contributed by atoms with Crippen molar-refractivity contribution in [3.63, 3.8) is 0 Å². The van der Waals surface area contributed by atoms with Gasteiger partial charge in [-0.2, -0.15) is 24.0 Å². The molecule has 0 unspecified atom stereocenters. The molecule has 90 valence electrons. The highest BCUT2D eigenvalue weighted by molar-refractivity contribution is 5.24. The summed E-state index contributed by atoms with van der Waals surface area (Å²) in [5, 5.41) is 1.15. The van der Waals surface area contributed by atoms with Gasteiger partial charge in [-0.3, -0.25) is 0 Å². The maximum atomic E-state index is 12.2. The lowest BCUT2D eigenvalue weighted by Crippen LogP contribution is -2.36. The number of hydrogen-bond donors (Lipinski definition) is 2. The summed E-state index contributed by atoms with van der Waals surface area (Å²) >= 11 is 0. The second-order valence-corrected chi connectivity index (χ2v) is 3.13. The summed E-state index contributed by atoms with van der Waals surface area (Å²) in [4.78, 5) is 4.29. The minimum absolute atomic E-state index is 0.325. The van der Waals surface area contributed by atoms with Gasteiger partial charge in [0.05, 0.1) is 5.56 Å². The van der Waals surface area contributed by atoms with E-state index >= 15 is 0 Å². The van der Waals surface area contributed by atoms with Crippen LogP contribution in [0.3, 0.4) is 0 Å². The molecule has 7 heteroatoms. The summed E-state index contributed by atoms with van der Waals surface area (Å²) < 4.78 is 36.7. The SMILES string of the molecule is CN(NCc1ccc(C(F)(F)F)cc1)ON. The normalized spacial score (nSPS) is 12.1. The van der Waals surface area contributed by atoms with Gasteiger partial charge in [0.15, 0.2) is 0 Å². The highest BCUT2D eigenvalue weighted by Crippen LogP contribution is 2.28. The summed E-state index contributed by atoms with van der Waals surface area (Å²) in [6.45, 7) is 0.325. The molecule has 0 spiro atoms. The number of benzene rings is 1. The summed E-state index contributed by atoms with van der Waals surface area (Å²) in [7, 11) is 1.53. The van der Waals surface area contributed by atoms with Crippen molar-refractivity contribution in [2.75, 3.05) is 7.05 Å². The Bertz CT molecular complexity index is 326. The topological polar surface area (TPSA) is 50.5 Å². The van der Waals surface area contributed by atoms with Crippen molar-refractivity contribution < 1.29 is 18.1 Å². The van der Waals surface area contributed by atoms with Crippen LogP contribution in [0.15, 0.2) is 24.3 Å². The van der Waals surface area contributed by atoms with Crippen molar-refractivity contribution in [2.24, 2.45) is 5.90 Å². The fourth-order valence-corrected chi connectivity index (χ4v) is 1.05. The van der Waals surface area contributed by atoms with Crippen molar-refractivity contribution in [3.05, 3.63) is 35.4 Å². The number of alkyl halides is 3. The third-order valence-corrected chi connectivity index (χ3v) is 1.95. The Labute approximate surface area is 90.7 Å². The van der Waals surface area contributed by atoms with Crippen LogP contribution in [0.1, 0.15) is 11.1 Å². The average Bonchev–Trinajstić information content (AvgIpc) is 2.25. The molecule has 0 fully saturated rings. The molecule has 4 nitrogen and oxygen atoms in total. The molecule has 0 aliphatic heterocycles. The molecule has 0 saturated heterocycles. The predicted molar refractivity (Wildman–Crippen MR) is 51.3 cm³/mol. The van der Waals surface area contributed by atoms with Gasteiger partial charge in [0.25, 0.3) is 0 Å². The van der Waals surface area contributed by atoms with E-state index in [-0.39, 0.29) is 0 Å². The van der Waals surface area contributed by atoms with Crippen molar-refractivity contribution in [3.8, 4) is 0 Å². The van der Waals surface area contributed by atoms with E-state index in [9.17, 15) is 13.2 Å². The highest BCUT2D eigenvalue weighted by Gasteiger charge is 2.29. The number of hydrogen-bond acceptors (Lipinski definition) is 4. The van der Waals surface area contributed by atoms with E-state index < -0.39 is 11.7 Å². The fraction of sp³-hybridized carbons (Fsp3) is 0.333. The van der Waals surface area contributed by atoms with Gasteiger partial charge in [0, 0.05) is 13.6 Å². The second-order valence-electron chi connectivity index (χ2n) is 3.13. The molecule has 0 aliphatic rings. The Balaban J connectivity index is 2.58. The number of nitrogens with one attached hydrogen (secondary N) is 1. The molecular weight excluding hydrogens is 223 g/mol. The molecule has 0 radical (unpaired) electrons. The van der Waals surface area contributed by atoms with Gasteiger partial charge in [0.1, 0.15) is 0 Å². The first kappa shape index (κ1) is 12.9. The number of nitrogens with zero attached hydrogens (tertiary/aromatic N) is 1. The molecule has 0 bridgehead atoms. The number of hydrazine groups is 1. The standard InChI is InChI=1S/C9H12F3N3O/c1-15(16-13)14-6-7-2-4-8(5-3-7)9(10,11)12/h2-5,14H,6,13H2,1H3. The molecule has 0 saturated carbocycles. The zero-order valence-corrected chi connectivity index (χ0v) is 8.58.